The van der Waals surface area contributed by atoms with Crippen LogP contribution in [0.5, 0.6) is 0 Å². The molecule has 1 heterocycles. The van der Waals surface area contributed by atoms with Gasteiger partial charge in [0.05, 0.1) is 6.61 Å². The normalized spacial score (nSPS) is 10.1. The molecule has 0 aliphatic heterocycles. The van der Waals surface area contributed by atoms with E-state index in [1.165, 1.54) is 0 Å². The molecule has 78 valence electrons. The molecule has 0 spiro atoms. The van der Waals surface area contributed by atoms with Crippen LogP contribution >= 0.6 is 12.2 Å². The third kappa shape index (κ3) is 3.33. The predicted octanol–water partition coefficient (Wildman–Crippen LogP) is 1.89. The van der Waals surface area contributed by atoms with E-state index in [-0.39, 0.29) is 5.97 Å². The van der Waals surface area contributed by atoms with Crippen LogP contribution in [0.1, 0.15) is 19.8 Å². The summed E-state index contributed by atoms with van der Waals surface area (Å²) in [5, 5.41) is 0. The number of aromatic amines is 1. The molecule has 0 saturated heterocycles. The molecule has 1 aromatic rings. The SMILES string of the molecule is CCOC(=O)CCCn1cc[nH]c1=S. The lowest BCUT2D eigenvalue weighted by molar-refractivity contribution is -0.143. The fourth-order valence-corrected chi connectivity index (χ4v) is 1.37. The molecule has 0 aliphatic carbocycles. The van der Waals surface area contributed by atoms with E-state index in [0.29, 0.717) is 17.8 Å². The summed E-state index contributed by atoms with van der Waals surface area (Å²) >= 11 is 5.01. The van der Waals surface area contributed by atoms with Crippen LogP contribution in [0.4, 0.5) is 0 Å². The van der Waals surface area contributed by atoms with Crippen molar-refractivity contribution in [1.82, 2.24) is 9.55 Å². The zero-order valence-corrected chi connectivity index (χ0v) is 8.97. The Morgan fingerprint density at radius 2 is 2.50 bits per heavy atom. The second kappa shape index (κ2) is 5.59. The molecule has 0 fully saturated rings. The van der Waals surface area contributed by atoms with E-state index in [1.807, 2.05) is 10.8 Å². The zero-order chi connectivity index (χ0) is 10.4. The third-order valence-electron chi connectivity index (χ3n) is 1.81. The fraction of sp³-hybridized carbons (Fsp3) is 0.556. The molecule has 0 bridgehead atoms. The van der Waals surface area contributed by atoms with Crippen LogP contribution in [-0.2, 0) is 16.1 Å². The van der Waals surface area contributed by atoms with Crippen LogP contribution in [0, 0.1) is 4.77 Å². The molecule has 0 amide bonds. The molecular formula is C9H14N2O2S. The number of ether oxygens (including phenoxy) is 1. The molecule has 0 aliphatic rings. The van der Waals surface area contributed by atoms with Crippen molar-refractivity contribution in [2.45, 2.75) is 26.3 Å². The van der Waals surface area contributed by atoms with Gasteiger partial charge in [-0.1, -0.05) is 0 Å². The summed E-state index contributed by atoms with van der Waals surface area (Å²) in [5.74, 6) is -0.144. The van der Waals surface area contributed by atoms with Crippen molar-refractivity contribution in [1.29, 1.82) is 0 Å². The van der Waals surface area contributed by atoms with Gasteiger partial charge in [-0.3, -0.25) is 4.79 Å². The molecule has 14 heavy (non-hydrogen) atoms. The monoisotopic (exact) mass is 214 g/mol. The summed E-state index contributed by atoms with van der Waals surface area (Å²) in [6, 6.07) is 0. The molecule has 0 unspecified atom stereocenters. The molecule has 4 nitrogen and oxygen atoms in total. The number of nitrogens with one attached hydrogen (secondary N) is 1. The van der Waals surface area contributed by atoms with Crippen molar-refractivity contribution in [3.63, 3.8) is 0 Å². The number of rotatable bonds is 5. The van der Waals surface area contributed by atoms with Gasteiger partial charge in [-0.25, -0.2) is 0 Å². The molecule has 1 N–H and O–H groups in total. The van der Waals surface area contributed by atoms with E-state index in [2.05, 4.69) is 4.98 Å². The van der Waals surface area contributed by atoms with Gasteiger partial charge in [0.25, 0.3) is 0 Å². The van der Waals surface area contributed by atoms with E-state index >= 15 is 0 Å². The van der Waals surface area contributed by atoms with Crippen LogP contribution in [-0.4, -0.2) is 22.1 Å². The first-order valence-corrected chi connectivity index (χ1v) is 5.04. The van der Waals surface area contributed by atoms with Gasteiger partial charge in [-0.2, -0.15) is 0 Å². The van der Waals surface area contributed by atoms with Gasteiger partial charge in [0.15, 0.2) is 4.77 Å². The lowest BCUT2D eigenvalue weighted by Crippen LogP contribution is -2.06. The van der Waals surface area contributed by atoms with Gasteiger partial charge in [0, 0.05) is 25.4 Å². The Morgan fingerprint density at radius 3 is 3.07 bits per heavy atom. The molecule has 5 heteroatoms. The Morgan fingerprint density at radius 1 is 1.71 bits per heavy atom. The van der Waals surface area contributed by atoms with Crippen molar-refractivity contribution in [2.75, 3.05) is 6.61 Å². The fourth-order valence-electron chi connectivity index (χ4n) is 1.15. The van der Waals surface area contributed by atoms with Gasteiger partial charge in [-0.05, 0) is 25.6 Å². The second-order valence-electron chi connectivity index (χ2n) is 2.87. The van der Waals surface area contributed by atoms with Crippen LogP contribution in [0.3, 0.4) is 0 Å². The van der Waals surface area contributed by atoms with Crippen LogP contribution < -0.4 is 0 Å². The maximum Gasteiger partial charge on any atom is 0.305 e. The largest absolute Gasteiger partial charge is 0.466 e. The number of carbonyl (C=O) groups excluding carboxylic acids is 1. The summed E-state index contributed by atoms with van der Waals surface area (Å²) in [6.07, 6.45) is 4.85. The van der Waals surface area contributed by atoms with Crippen molar-refractivity contribution >= 4 is 18.2 Å². The molecule has 0 atom stereocenters. The maximum absolute atomic E-state index is 11.0. The topological polar surface area (TPSA) is 47.0 Å². The first kappa shape index (κ1) is 11.0. The Hall–Kier alpha value is -1.10. The summed E-state index contributed by atoms with van der Waals surface area (Å²) in [7, 11) is 0. The molecule has 1 rings (SSSR count). The van der Waals surface area contributed by atoms with Crippen molar-refractivity contribution < 1.29 is 9.53 Å². The summed E-state index contributed by atoms with van der Waals surface area (Å²) in [6.45, 7) is 3.00. The number of imidazole rings is 1. The van der Waals surface area contributed by atoms with Crippen LogP contribution in [0.2, 0.25) is 0 Å². The Labute approximate surface area is 87.9 Å². The van der Waals surface area contributed by atoms with Crippen LogP contribution in [0.25, 0.3) is 0 Å². The number of H-pyrrole nitrogens is 1. The minimum Gasteiger partial charge on any atom is -0.466 e. The highest BCUT2D eigenvalue weighted by Crippen LogP contribution is 1.98. The lowest BCUT2D eigenvalue weighted by atomic mass is 10.3. The van der Waals surface area contributed by atoms with E-state index in [1.54, 1.807) is 13.1 Å². The van der Waals surface area contributed by atoms with Gasteiger partial charge in [0.1, 0.15) is 0 Å². The first-order chi connectivity index (χ1) is 6.74. The number of aryl methyl sites for hydroxylation is 1. The Bertz CT molecular complexity index is 343. The Kier molecular flexibility index (Phi) is 4.39. The number of aromatic nitrogens is 2. The zero-order valence-electron chi connectivity index (χ0n) is 8.16. The number of carbonyl (C=O) groups is 1. The number of hydrogen-bond acceptors (Lipinski definition) is 3. The van der Waals surface area contributed by atoms with E-state index < -0.39 is 0 Å². The van der Waals surface area contributed by atoms with E-state index in [4.69, 9.17) is 17.0 Å². The van der Waals surface area contributed by atoms with Crippen molar-refractivity contribution in [2.24, 2.45) is 0 Å². The van der Waals surface area contributed by atoms with Crippen molar-refractivity contribution in [3.8, 4) is 0 Å². The van der Waals surface area contributed by atoms with Gasteiger partial charge in [0.2, 0.25) is 0 Å². The highest BCUT2D eigenvalue weighted by atomic mass is 32.1. The van der Waals surface area contributed by atoms with Gasteiger partial charge < -0.3 is 14.3 Å². The number of nitrogens with zero attached hydrogens (tertiary/aromatic N) is 1. The minimum absolute atomic E-state index is 0.144. The highest BCUT2D eigenvalue weighted by Gasteiger charge is 2.01. The Balaban J connectivity index is 2.25. The second-order valence-corrected chi connectivity index (χ2v) is 3.25. The van der Waals surface area contributed by atoms with E-state index in [9.17, 15) is 4.79 Å². The molecular weight excluding hydrogens is 200 g/mol. The molecule has 1 aromatic heterocycles. The quantitative estimate of drug-likeness (QED) is 0.601. The highest BCUT2D eigenvalue weighted by molar-refractivity contribution is 7.71. The average molecular weight is 214 g/mol. The molecule has 0 aromatic carbocycles. The maximum atomic E-state index is 11.0. The summed E-state index contributed by atoms with van der Waals surface area (Å²) in [5.41, 5.74) is 0. The van der Waals surface area contributed by atoms with Gasteiger partial charge in [-0.15, -0.1) is 0 Å². The van der Waals surface area contributed by atoms with Crippen molar-refractivity contribution in [3.05, 3.63) is 17.2 Å². The molecule has 0 radical (unpaired) electrons. The molecule has 0 saturated carbocycles. The smallest absolute Gasteiger partial charge is 0.305 e. The van der Waals surface area contributed by atoms with Crippen LogP contribution in [0.15, 0.2) is 12.4 Å². The third-order valence-corrected chi connectivity index (χ3v) is 2.16. The first-order valence-electron chi connectivity index (χ1n) is 4.63. The minimum atomic E-state index is -0.144. The number of hydrogen-bond donors (Lipinski definition) is 1. The average Bonchev–Trinajstić information content (AvgIpc) is 2.52. The summed E-state index contributed by atoms with van der Waals surface area (Å²) < 4.78 is 7.40. The standard InChI is InChI=1S/C9H14N2O2S/c1-2-13-8(12)4-3-6-11-7-5-10-9(11)14/h5,7H,2-4,6H2,1H3,(H,10,14). The van der Waals surface area contributed by atoms with Gasteiger partial charge >= 0.3 is 5.97 Å². The van der Waals surface area contributed by atoms with E-state index in [0.717, 1.165) is 13.0 Å². The lowest BCUT2D eigenvalue weighted by Gasteiger charge is -2.02. The summed E-state index contributed by atoms with van der Waals surface area (Å²) in [4.78, 5) is 13.9. The predicted molar refractivity (Wildman–Crippen MR) is 55.5 cm³/mol. The number of esters is 1.